The van der Waals surface area contributed by atoms with Gasteiger partial charge in [-0.05, 0) is 0 Å². The van der Waals surface area contributed by atoms with Gasteiger partial charge in [-0.1, -0.05) is 0 Å². The van der Waals surface area contributed by atoms with E-state index in [2.05, 4.69) is 0 Å². The maximum Gasteiger partial charge on any atom is 0.384 e. The average molecular weight is 332 g/mol. The highest BCUT2D eigenvalue weighted by atomic mass is 19.4. The summed E-state index contributed by atoms with van der Waals surface area (Å²) in [5.74, 6) is -35.5. The van der Waals surface area contributed by atoms with E-state index in [1.807, 2.05) is 0 Å². The molecule has 0 bridgehead atoms. The molecule has 20 heavy (non-hydrogen) atoms. The smallest absolute Gasteiger partial charge is 0.359 e. The van der Waals surface area contributed by atoms with Crippen LogP contribution in [-0.2, 0) is 0 Å². The molecule has 1 N–H and O–H groups in total. The second kappa shape index (κ2) is 4.84. The van der Waals surface area contributed by atoms with Crippen molar-refractivity contribution in [2.45, 2.75) is 36.0 Å². The molecule has 1 unspecified atom stereocenters. The van der Waals surface area contributed by atoms with E-state index in [4.69, 9.17) is 5.11 Å². The fraction of sp³-hybridized carbons (Fsp3) is 1.00. The molecule has 0 fully saturated rings. The van der Waals surface area contributed by atoms with Crippen LogP contribution in [0.2, 0.25) is 0 Å². The average Bonchev–Trinajstić information content (AvgIpc) is 2.27. The van der Waals surface area contributed by atoms with Crippen LogP contribution in [0.4, 0.5) is 52.7 Å². The second-order valence-corrected chi connectivity index (χ2v) is 3.52. The van der Waals surface area contributed by atoms with Gasteiger partial charge >= 0.3 is 29.6 Å². The predicted octanol–water partition coefficient (Wildman–Crippen LogP) is 3.42. The SMILES string of the molecule is OC(F)C(F)(F)C(F)(F)C(F)(F)C(F)(F)C(F)(F)CF. The molecule has 122 valence electrons. The van der Waals surface area contributed by atoms with Gasteiger partial charge in [-0.15, -0.1) is 0 Å². The van der Waals surface area contributed by atoms with E-state index in [0.29, 0.717) is 0 Å². The van der Waals surface area contributed by atoms with Gasteiger partial charge in [0.25, 0.3) is 6.36 Å². The second-order valence-electron chi connectivity index (χ2n) is 3.52. The number of aliphatic hydroxyl groups is 1. The standard InChI is InChI=1S/C7H4F12O/c8-1-3(10,11)5(14,15)7(18,19)6(16,17)4(12,13)2(9)20/h2,20H,1H2. The number of aliphatic hydroxyl groups excluding tert-OH is 1. The van der Waals surface area contributed by atoms with Crippen molar-refractivity contribution in [1.82, 2.24) is 0 Å². The first-order chi connectivity index (χ1) is 8.50. The number of hydrogen-bond acceptors (Lipinski definition) is 1. The molecule has 0 aromatic heterocycles. The van der Waals surface area contributed by atoms with Gasteiger partial charge in [0.1, 0.15) is 0 Å². The topological polar surface area (TPSA) is 20.2 Å². The first-order valence-electron chi connectivity index (χ1n) is 4.28. The van der Waals surface area contributed by atoms with Crippen LogP contribution in [0.15, 0.2) is 0 Å². The summed E-state index contributed by atoms with van der Waals surface area (Å²) in [5, 5.41) is 7.57. The van der Waals surface area contributed by atoms with Crippen LogP contribution >= 0.6 is 0 Å². The third-order valence-electron chi connectivity index (χ3n) is 2.13. The predicted molar refractivity (Wildman–Crippen MR) is 37.8 cm³/mol. The molecule has 0 aromatic carbocycles. The molecule has 0 rings (SSSR count). The lowest BCUT2D eigenvalue weighted by Crippen LogP contribution is -2.69. The van der Waals surface area contributed by atoms with E-state index in [9.17, 15) is 52.7 Å². The van der Waals surface area contributed by atoms with Crippen molar-refractivity contribution >= 4 is 0 Å². The Morgan fingerprint density at radius 2 is 1.05 bits per heavy atom. The molecule has 0 aromatic rings. The van der Waals surface area contributed by atoms with E-state index in [1.54, 1.807) is 0 Å². The Morgan fingerprint density at radius 3 is 1.30 bits per heavy atom. The lowest BCUT2D eigenvalue weighted by atomic mass is 9.95. The highest BCUT2D eigenvalue weighted by Gasteiger charge is 2.87. The maximum atomic E-state index is 12.6. The van der Waals surface area contributed by atoms with Gasteiger partial charge in [0.05, 0.1) is 0 Å². The largest absolute Gasteiger partial charge is 0.384 e. The Kier molecular flexibility index (Phi) is 4.63. The Labute approximate surface area is 102 Å². The Bertz CT molecular complexity index is 348. The molecular formula is C7H4F12O. The first-order valence-corrected chi connectivity index (χ1v) is 4.28. The van der Waals surface area contributed by atoms with Crippen molar-refractivity contribution in [3.8, 4) is 0 Å². The van der Waals surface area contributed by atoms with Crippen molar-refractivity contribution < 1.29 is 57.8 Å². The maximum absolute atomic E-state index is 12.6. The Balaban J connectivity index is 5.98. The molecule has 0 aliphatic rings. The molecule has 0 radical (unpaired) electrons. The summed E-state index contributed by atoms with van der Waals surface area (Å²) >= 11 is 0. The fourth-order valence-electron chi connectivity index (χ4n) is 0.870. The zero-order valence-electron chi connectivity index (χ0n) is 8.77. The van der Waals surface area contributed by atoms with Crippen molar-refractivity contribution in [2.24, 2.45) is 0 Å². The third kappa shape index (κ3) is 2.29. The van der Waals surface area contributed by atoms with Crippen molar-refractivity contribution in [2.75, 3.05) is 6.67 Å². The minimum absolute atomic E-state index is 3.57. The van der Waals surface area contributed by atoms with E-state index in [0.717, 1.165) is 0 Å². The van der Waals surface area contributed by atoms with Gasteiger partial charge in [0.15, 0.2) is 6.67 Å². The molecule has 0 saturated carbocycles. The molecule has 0 saturated heterocycles. The summed E-state index contributed by atoms with van der Waals surface area (Å²) in [6.07, 6.45) is -5.06. The van der Waals surface area contributed by atoms with E-state index < -0.39 is 42.6 Å². The lowest BCUT2D eigenvalue weighted by Gasteiger charge is -2.38. The summed E-state index contributed by atoms with van der Waals surface area (Å²) in [7, 11) is 0. The van der Waals surface area contributed by atoms with E-state index >= 15 is 0 Å². The van der Waals surface area contributed by atoms with Gasteiger partial charge in [-0.2, -0.15) is 43.9 Å². The summed E-state index contributed by atoms with van der Waals surface area (Å²) < 4.78 is 148. The zero-order chi connectivity index (χ0) is 16.8. The van der Waals surface area contributed by atoms with Gasteiger partial charge in [-0.25, -0.2) is 8.78 Å². The van der Waals surface area contributed by atoms with E-state index in [-0.39, 0.29) is 0 Å². The quantitative estimate of drug-likeness (QED) is 0.739. The van der Waals surface area contributed by atoms with Gasteiger partial charge in [0.2, 0.25) is 0 Å². The number of rotatable bonds is 6. The molecule has 1 nitrogen and oxygen atoms in total. The van der Waals surface area contributed by atoms with Crippen LogP contribution in [0.3, 0.4) is 0 Å². The summed E-state index contributed by atoms with van der Waals surface area (Å²) in [6.45, 7) is -3.57. The molecule has 13 heteroatoms. The highest BCUT2D eigenvalue weighted by molar-refractivity contribution is 5.08. The highest BCUT2D eigenvalue weighted by Crippen LogP contribution is 2.57. The summed E-state index contributed by atoms with van der Waals surface area (Å²) in [4.78, 5) is 0. The van der Waals surface area contributed by atoms with Gasteiger partial charge in [-0.3, -0.25) is 0 Å². The minimum Gasteiger partial charge on any atom is -0.359 e. The molecular weight excluding hydrogens is 328 g/mol. The van der Waals surface area contributed by atoms with Crippen LogP contribution < -0.4 is 0 Å². The fourth-order valence-corrected chi connectivity index (χ4v) is 0.870. The van der Waals surface area contributed by atoms with Crippen LogP contribution in [0.25, 0.3) is 0 Å². The monoisotopic (exact) mass is 332 g/mol. The Hall–Kier alpha value is -0.880. The van der Waals surface area contributed by atoms with Crippen molar-refractivity contribution in [3.05, 3.63) is 0 Å². The normalized spacial score (nSPS) is 17.2. The van der Waals surface area contributed by atoms with Gasteiger partial charge in [0, 0.05) is 0 Å². The molecule has 0 aliphatic heterocycles. The van der Waals surface area contributed by atoms with Crippen LogP contribution in [0.1, 0.15) is 0 Å². The number of halogens is 12. The summed E-state index contributed by atoms with van der Waals surface area (Å²) in [5.41, 5.74) is 0. The first kappa shape index (κ1) is 19.1. The van der Waals surface area contributed by atoms with Crippen molar-refractivity contribution in [3.63, 3.8) is 0 Å². The minimum atomic E-state index is -7.56. The molecule has 0 amide bonds. The van der Waals surface area contributed by atoms with Crippen LogP contribution in [0, 0.1) is 0 Å². The van der Waals surface area contributed by atoms with Crippen LogP contribution in [0.5, 0.6) is 0 Å². The van der Waals surface area contributed by atoms with Crippen LogP contribution in [-0.4, -0.2) is 47.8 Å². The Morgan fingerprint density at radius 1 is 0.700 bits per heavy atom. The van der Waals surface area contributed by atoms with E-state index in [1.165, 1.54) is 0 Å². The molecule has 0 aliphatic carbocycles. The molecule has 1 atom stereocenters. The third-order valence-corrected chi connectivity index (χ3v) is 2.13. The lowest BCUT2D eigenvalue weighted by molar-refractivity contribution is -0.417. The van der Waals surface area contributed by atoms with Crippen molar-refractivity contribution in [1.29, 1.82) is 0 Å². The number of hydrogen-bond donors (Lipinski definition) is 1. The molecule has 0 heterocycles. The number of alkyl halides is 12. The zero-order valence-corrected chi connectivity index (χ0v) is 8.77. The molecule has 0 spiro atoms. The van der Waals surface area contributed by atoms with Gasteiger partial charge < -0.3 is 5.11 Å². The summed E-state index contributed by atoms with van der Waals surface area (Å²) in [6, 6.07) is 0.